The summed E-state index contributed by atoms with van der Waals surface area (Å²) in [7, 11) is 0. The Morgan fingerprint density at radius 1 is 1.67 bits per heavy atom. The van der Waals surface area contributed by atoms with E-state index in [1.54, 1.807) is 6.20 Å². The molecule has 5 heteroatoms. The van der Waals surface area contributed by atoms with Crippen LogP contribution < -0.4 is 5.73 Å². The molecule has 1 heterocycles. The quantitative estimate of drug-likeness (QED) is 0.263. The van der Waals surface area contributed by atoms with Gasteiger partial charge in [0, 0.05) is 11.9 Å². The Labute approximate surface area is 93.6 Å². The van der Waals surface area contributed by atoms with E-state index >= 15 is 0 Å². The molecule has 0 aromatic carbocycles. The molecule has 0 saturated heterocycles. The Kier molecular flexibility index (Phi) is 4.97. The van der Waals surface area contributed by atoms with Crippen molar-refractivity contribution >= 4 is 17.6 Å². The lowest BCUT2D eigenvalue weighted by atomic mass is 10.2. The molecule has 1 aromatic heterocycles. The summed E-state index contributed by atoms with van der Waals surface area (Å²) >= 11 is 1.86. The molecular weight excluding hydrogens is 210 g/mol. The summed E-state index contributed by atoms with van der Waals surface area (Å²) in [6.45, 7) is 2.15. The molecule has 3 N–H and O–H groups in total. The average molecular weight is 225 g/mol. The van der Waals surface area contributed by atoms with Crippen LogP contribution in [-0.2, 0) is 5.75 Å². The Morgan fingerprint density at radius 3 is 3.13 bits per heavy atom. The van der Waals surface area contributed by atoms with E-state index in [-0.39, 0.29) is 5.84 Å². The van der Waals surface area contributed by atoms with Gasteiger partial charge in [0.1, 0.15) is 5.69 Å². The van der Waals surface area contributed by atoms with Gasteiger partial charge in [-0.3, -0.25) is 4.98 Å². The molecule has 0 aliphatic heterocycles. The SMILES string of the molecule is CCCSCc1ccnc(C(N)=NO)c1. The maximum absolute atomic E-state index is 8.51. The molecular formula is C10H15N3OS. The average Bonchev–Trinajstić information content (AvgIpc) is 2.29. The van der Waals surface area contributed by atoms with Crippen LogP contribution in [0, 0.1) is 0 Å². The van der Waals surface area contributed by atoms with Gasteiger partial charge in [0.05, 0.1) is 0 Å². The highest BCUT2D eigenvalue weighted by molar-refractivity contribution is 7.98. The van der Waals surface area contributed by atoms with Crippen molar-refractivity contribution in [2.75, 3.05) is 5.75 Å². The van der Waals surface area contributed by atoms with Crippen molar-refractivity contribution in [2.45, 2.75) is 19.1 Å². The third-order valence-corrected chi connectivity index (χ3v) is 3.05. The normalized spacial score (nSPS) is 11.7. The Balaban J connectivity index is 2.66. The molecule has 1 aromatic rings. The predicted octanol–water partition coefficient (Wildman–Crippen LogP) is 1.82. The van der Waals surface area contributed by atoms with Crippen molar-refractivity contribution in [3.05, 3.63) is 29.6 Å². The van der Waals surface area contributed by atoms with Crippen LogP contribution in [0.5, 0.6) is 0 Å². The summed E-state index contributed by atoms with van der Waals surface area (Å²) in [5, 5.41) is 11.4. The van der Waals surface area contributed by atoms with Crippen molar-refractivity contribution in [2.24, 2.45) is 10.9 Å². The van der Waals surface area contributed by atoms with Gasteiger partial charge in [0.15, 0.2) is 5.84 Å². The van der Waals surface area contributed by atoms with Crippen LogP contribution in [-0.4, -0.2) is 21.8 Å². The van der Waals surface area contributed by atoms with Crippen molar-refractivity contribution < 1.29 is 5.21 Å². The van der Waals surface area contributed by atoms with Gasteiger partial charge in [-0.05, 0) is 29.9 Å². The van der Waals surface area contributed by atoms with Gasteiger partial charge >= 0.3 is 0 Å². The lowest BCUT2D eigenvalue weighted by molar-refractivity contribution is 0.318. The smallest absolute Gasteiger partial charge is 0.188 e. The highest BCUT2D eigenvalue weighted by Gasteiger charge is 2.01. The minimum absolute atomic E-state index is 0.0531. The summed E-state index contributed by atoms with van der Waals surface area (Å²) in [6, 6.07) is 3.79. The van der Waals surface area contributed by atoms with E-state index in [1.165, 1.54) is 6.42 Å². The predicted molar refractivity (Wildman–Crippen MR) is 63.2 cm³/mol. The molecule has 4 nitrogen and oxygen atoms in total. The lowest BCUT2D eigenvalue weighted by Gasteiger charge is -2.02. The number of aromatic nitrogens is 1. The number of nitrogens with two attached hydrogens (primary N) is 1. The number of pyridine rings is 1. The van der Waals surface area contributed by atoms with Gasteiger partial charge in [0.25, 0.3) is 0 Å². The number of oxime groups is 1. The van der Waals surface area contributed by atoms with Gasteiger partial charge in [-0.2, -0.15) is 11.8 Å². The van der Waals surface area contributed by atoms with Crippen LogP contribution in [0.4, 0.5) is 0 Å². The molecule has 1 rings (SSSR count). The Bertz CT molecular complexity index is 341. The van der Waals surface area contributed by atoms with Crippen molar-refractivity contribution in [3.63, 3.8) is 0 Å². The molecule has 0 amide bonds. The first kappa shape index (κ1) is 11.8. The second-order valence-corrected chi connectivity index (χ2v) is 4.19. The van der Waals surface area contributed by atoms with Crippen LogP contribution in [0.15, 0.2) is 23.5 Å². The fourth-order valence-corrected chi connectivity index (χ4v) is 1.94. The fraction of sp³-hybridized carbons (Fsp3) is 0.400. The first-order valence-electron chi connectivity index (χ1n) is 4.78. The first-order chi connectivity index (χ1) is 7.27. The zero-order valence-electron chi connectivity index (χ0n) is 8.68. The van der Waals surface area contributed by atoms with Crippen LogP contribution in [0.2, 0.25) is 0 Å². The topological polar surface area (TPSA) is 71.5 Å². The minimum atomic E-state index is 0.0531. The summed E-state index contributed by atoms with van der Waals surface area (Å²) in [5.41, 5.74) is 7.11. The molecule has 0 spiro atoms. The highest BCUT2D eigenvalue weighted by atomic mass is 32.2. The molecule has 0 fully saturated rings. The van der Waals surface area contributed by atoms with Gasteiger partial charge in [-0.1, -0.05) is 12.1 Å². The molecule has 0 unspecified atom stereocenters. The van der Waals surface area contributed by atoms with Crippen LogP contribution in [0.3, 0.4) is 0 Å². The second kappa shape index (κ2) is 6.29. The number of hydrogen-bond acceptors (Lipinski definition) is 4. The third kappa shape index (κ3) is 3.79. The number of rotatable bonds is 5. The maximum atomic E-state index is 8.51. The van der Waals surface area contributed by atoms with E-state index in [0.717, 1.165) is 17.1 Å². The molecule has 0 aliphatic rings. The summed E-state index contributed by atoms with van der Waals surface area (Å²) in [6.07, 6.45) is 2.85. The monoisotopic (exact) mass is 225 g/mol. The van der Waals surface area contributed by atoms with Gasteiger partial charge in [-0.15, -0.1) is 0 Å². The highest BCUT2D eigenvalue weighted by Crippen LogP contribution is 2.13. The molecule has 0 saturated carbocycles. The largest absolute Gasteiger partial charge is 0.409 e. The molecule has 0 bridgehead atoms. The summed E-state index contributed by atoms with van der Waals surface area (Å²) < 4.78 is 0. The lowest BCUT2D eigenvalue weighted by Crippen LogP contribution is -2.15. The van der Waals surface area contributed by atoms with Crippen LogP contribution in [0.25, 0.3) is 0 Å². The zero-order valence-corrected chi connectivity index (χ0v) is 9.50. The van der Waals surface area contributed by atoms with E-state index < -0.39 is 0 Å². The number of thioether (sulfide) groups is 1. The van der Waals surface area contributed by atoms with Crippen molar-refractivity contribution in [1.29, 1.82) is 0 Å². The number of hydrogen-bond donors (Lipinski definition) is 2. The van der Waals surface area contributed by atoms with Crippen molar-refractivity contribution in [3.8, 4) is 0 Å². The molecule has 0 radical (unpaired) electrons. The van der Waals surface area contributed by atoms with Crippen LogP contribution >= 0.6 is 11.8 Å². The number of nitrogens with zero attached hydrogens (tertiary/aromatic N) is 2. The van der Waals surface area contributed by atoms with E-state index in [0.29, 0.717) is 5.69 Å². The van der Waals surface area contributed by atoms with Gasteiger partial charge < -0.3 is 10.9 Å². The van der Waals surface area contributed by atoms with E-state index in [9.17, 15) is 0 Å². The van der Waals surface area contributed by atoms with Crippen LogP contribution in [0.1, 0.15) is 24.6 Å². The van der Waals surface area contributed by atoms with Gasteiger partial charge in [0.2, 0.25) is 0 Å². The molecule has 0 aliphatic carbocycles. The molecule has 15 heavy (non-hydrogen) atoms. The summed E-state index contributed by atoms with van der Waals surface area (Å²) in [5.74, 6) is 2.13. The van der Waals surface area contributed by atoms with Gasteiger partial charge in [-0.25, -0.2) is 0 Å². The Hall–Kier alpha value is -1.23. The zero-order chi connectivity index (χ0) is 11.1. The van der Waals surface area contributed by atoms with E-state index in [4.69, 9.17) is 10.9 Å². The van der Waals surface area contributed by atoms with E-state index in [2.05, 4.69) is 17.1 Å². The standard InChI is InChI=1S/C10H15N3OS/c1-2-5-15-7-8-3-4-12-9(6-8)10(11)13-14/h3-4,6,14H,2,5,7H2,1H3,(H2,11,13). The summed E-state index contributed by atoms with van der Waals surface area (Å²) in [4.78, 5) is 4.01. The number of amidine groups is 1. The first-order valence-corrected chi connectivity index (χ1v) is 5.94. The van der Waals surface area contributed by atoms with Crippen molar-refractivity contribution in [1.82, 2.24) is 4.98 Å². The minimum Gasteiger partial charge on any atom is -0.409 e. The molecule has 82 valence electrons. The second-order valence-electron chi connectivity index (χ2n) is 3.09. The fourth-order valence-electron chi connectivity index (χ4n) is 1.09. The van der Waals surface area contributed by atoms with E-state index in [1.807, 2.05) is 23.9 Å². The third-order valence-electron chi connectivity index (χ3n) is 1.81. The molecule has 0 atom stereocenters. The Morgan fingerprint density at radius 2 is 2.47 bits per heavy atom. The maximum Gasteiger partial charge on any atom is 0.188 e.